The van der Waals surface area contributed by atoms with E-state index in [1.807, 2.05) is 0 Å². The number of aryl methyl sites for hydroxylation is 1. The van der Waals surface area contributed by atoms with Crippen molar-refractivity contribution in [3.63, 3.8) is 0 Å². The third-order valence-electron chi connectivity index (χ3n) is 3.54. The van der Waals surface area contributed by atoms with Gasteiger partial charge in [-0.2, -0.15) is 0 Å². The summed E-state index contributed by atoms with van der Waals surface area (Å²) in [6, 6.07) is 4.46. The normalized spacial score (nSPS) is 18.3. The molecule has 0 unspecified atom stereocenters. The molecule has 1 N–H and O–H groups in total. The van der Waals surface area contributed by atoms with Gasteiger partial charge in [-0.15, -0.1) is 13.2 Å². The average Bonchev–Trinajstić information content (AvgIpc) is 2.52. The quantitative estimate of drug-likeness (QED) is 0.879. The summed E-state index contributed by atoms with van der Waals surface area (Å²) in [6.07, 6.45) is -4.94. The SMILES string of the molecule is O=C(O)[C@H]1COCCN1C(=O)CCc1ccccc1OC(F)(F)F. The van der Waals surface area contributed by atoms with Crippen LogP contribution in [0.4, 0.5) is 13.2 Å². The van der Waals surface area contributed by atoms with Gasteiger partial charge in [0.25, 0.3) is 0 Å². The predicted molar refractivity (Wildman–Crippen MR) is 75.4 cm³/mol. The number of carboxylic acids is 1. The van der Waals surface area contributed by atoms with Crippen molar-refractivity contribution in [2.45, 2.75) is 25.2 Å². The van der Waals surface area contributed by atoms with E-state index >= 15 is 0 Å². The van der Waals surface area contributed by atoms with Crippen LogP contribution >= 0.6 is 0 Å². The van der Waals surface area contributed by atoms with Crippen LogP contribution in [0.15, 0.2) is 24.3 Å². The van der Waals surface area contributed by atoms with Gasteiger partial charge < -0.3 is 19.5 Å². The zero-order valence-corrected chi connectivity index (χ0v) is 12.6. The Bertz CT molecular complexity index is 605. The molecule has 1 amide bonds. The van der Waals surface area contributed by atoms with Crippen molar-refractivity contribution >= 4 is 11.9 Å². The number of halogens is 3. The Morgan fingerprint density at radius 2 is 2.04 bits per heavy atom. The fourth-order valence-corrected chi connectivity index (χ4v) is 2.43. The number of ether oxygens (including phenoxy) is 2. The number of hydrogen-bond acceptors (Lipinski definition) is 4. The lowest BCUT2D eigenvalue weighted by Crippen LogP contribution is -2.52. The molecule has 2 rings (SSSR count). The van der Waals surface area contributed by atoms with E-state index in [2.05, 4.69) is 4.74 Å². The molecule has 1 aliphatic rings. The van der Waals surface area contributed by atoms with Crippen LogP contribution in [-0.4, -0.2) is 54.0 Å². The Labute approximate surface area is 135 Å². The summed E-state index contributed by atoms with van der Waals surface area (Å²) >= 11 is 0. The molecule has 6 nitrogen and oxygen atoms in total. The molecule has 1 aliphatic heterocycles. The molecule has 0 radical (unpaired) electrons. The summed E-state index contributed by atoms with van der Waals surface area (Å²) in [6.45, 7) is 0.259. The topological polar surface area (TPSA) is 76.1 Å². The van der Waals surface area contributed by atoms with Gasteiger partial charge in [0, 0.05) is 13.0 Å². The van der Waals surface area contributed by atoms with Crippen LogP contribution in [0.25, 0.3) is 0 Å². The van der Waals surface area contributed by atoms with Gasteiger partial charge in [-0.25, -0.2) is 4.79 Å². The largest absolute Gasteiger partial charge is 0.573 e. The molecular formula is C15H16F3NO5. The molecule has 1 aromatic carbocycles. The molecule has 1 saturated heterocycles. The van der Waals surface area contributed by atoms with Gasteiger partial charge in [0.1, 0.15) is 5.75 Å². The Kier molecular flexibility index (Phi) is 5.66. The Morgan fingerprint density at radius 3 is 2.71 bits per heavy atom. The van der Waals surface area contributed by atoms with Crippen molar-refractivity contribution in [2.75, 3.05) is 19.8 Å². The summed E-state index contributed by atoms with van der Waals surface area (Å²) in [7, 11) is 0. The maximum atomic E-state index is 12.4. The minimum atomic E-state index is -4.82. The molecule has 9 heteroatoms. The number of aliphatic carboxylic acids is 1. The Hall–Kier alpha value is -2.29. The summed E-state index contributed by atoms with van der Waals surface area (Å²) in [5.74, 6) is -1.99. The standard InChI is InChI=1S/C15H16F3NO5/c16-15(17,18)24-12-4-2-1-3-10(12)5-6-13(20)19-7-8-23-9-11(19)14(21)22/h1-4,11H,5-9H2,(H,21,22)/t11-/m1/s1. The highest BCUT2D eigenvalue weighted by Gasteiger charge is 2.33. The highest BCUT2D eigenvalue weighted by molar-refractivity contribution is 5.84. The van der Waals surface area contributed by atoms with Crippen LogP contribution in [0.3, 0.4) is 0 Å². The van der Waals surface area contributed by atoms with Gasteiger partial charge in [-0.3, -0.25) is 4.79 Å². The van der Waals surface area contributed by atoms with Gasteiger partial charge in [-0.05, 0) is 18.1 Å². The molecule has 0 bridgehead atoms. The van der Waals surface area contributed by atoms with Crippen LogP contribution in [0, 0.1) is 0 Å². The minimum absolute atomic E-state index is 0.00871. The number of hydrogen-bond donors (Lipinski definition) is 1. The van der Waals surface area contributed by atoms with Crippen LogP contribution in [-0.2, 0) is 20.7 Å². The first-order valence-electron chi connectivity index (χ1n) is 7.21. The summed E-state index contributed by atoms with van der Waals surface area (Å²) < 4.78 is 46.1. The first kappa shape index (κ1) is 18.1. The number of carbonyl (C=O) groups excluding carboxylic acids is 1. The number of benzene rings is 1. The van der Waals surface area contributed by atoms with E-state index in [1.54, 1.807) is 0 Å². The fraction of sp³-hybridized carbons (Fsp3) is 0.467. The highest BCUT2D eigenvalue weighted by Crippen LogP contribution is 2.27. The third-order valence-corrected chi connectivity index (χ3v) is 3.54. The lowest BCUT2D eigenvalue weighted by molar-refractivity contribution is -0.274. The van der Waals surface area contributed by atoms with Gasteiger partial charge in [0.15, 0.2) is 6.04 Å². The number of morpholine rings is 1. The van der Waals surface area contributed by atoms with Crippen molar-refractivity contribution in [1.82, 2.24) is 4.90 Å². The zero-order valence-electron chi connectivity index (χ0n) is 12.6. The maximum Gasteiger partial charge on any atom is 0.573 e. The van der Waals surface area contributed by atoms with Gasteiger partial charge in [0.2, 0.25) is 5.91 Å². The molecule has 0 aromatic heterocycles. The monoisotopic (exact) mass is 347 g/mol. The second-order valence-electron chi connectivity index (χ2n) is 5.17. The first-order chi connectivity index (χ1) is 11.3. The van der Waals surface area contributed by atoms with E-state index < -0.39 is 24.3 Å². The average molecular weight is 347 g/mol. The number of nitrogens with zero attached hydrogens (tertiary/aromatic N) is 1. The number of carboxylic acid groups (broad SMARTS) is 1. The van der Waals surface area contributed by atoms with Crippen molar-refractivity contribution in [1.29, 1.82) is 0 Å². The van der Waals surface area contributed by atoms with Crippen molar-refractivity contribution in [2.24, 2.45) is 0 Å². The molecule has 1 atom stereocenters. The van der Waals surface area contributed by atoms with Crippen LogP contribution in [0.2, 0.25) is 0 Å². The number of para-hydroxylation sites is 1. The van der Waals surface area contributed by atoms with E-state index in [9.17, 15) is 22.8 Å². The van der Waals surface area contributed by atoms with E-state index in [0.717, 1.165) is 0 Å². The second kappa shape index (κ2) is 7.52. The molecule has 1 aromatic rings. The number of alkyl halides is 3. The molecule has 132 valence electrons. The van der Waals surface area contributed by atoms with Crippen molar-refractivity contribution in [3.8, 4) is 5.75 Å². The van der Waals surface area contributed by atoms with Gasteiger partial charge in [-0.1, -0.05) is 18.2 Å². The second-order valence-corrected chi connectivity index (χ2v) is 5.17. The van der Waals surface area contributed by atoms with E-state index in [4.69, 9.17) is 9.84 Å². The van der Waals surface area contributed by atoms with Crippen LogP contribution in [0.5, 0.6) is 5.75 Å². The molecule has 0 spiro atoms. The molecular weight excluding hydrogens is 331 g/mol. The predicted octanol–water partition coefficient (Wildman–Crippen LogP) is 1.83. The molecule has 24 heavy (non-hydrogen) atoms. The van der Waals surface area contributed by atoms with Gasteiger partial charge >= 0.3 is 12.3 Å². The van der Waals surface area contributed by atoms with Crippen LogP contribution < -0.4 is 4.74 Å². The van der Waals surface area contributed by atoms with E-state index in [1.165, 1.54) is 29.2 Å². The molecule has 0 saturated carbocycles. The number of amides is 1. The van der Waals surface area contributed by atoms with Crippen molar-refractivity contribution < 1.29 is 37.3 Å². The fourth-order valence-electron chi connectivity index (χ4n) is 2.43. The maximum absolute atomic E-state index is 12.4. The molecule has 1 heterocycles. The Balaban J connectivity index is 2.02. The molecule has 0 aliphatic carbocycles. The van der Waals surface area contributed by atoms with Crippen LogP contribution in [0.1, 0.15) is 12.0 Å². The van der Waals surface area contributed by atoms with Crippen molar-refractivity contribution in [3.05, 3.63) is 29.8 Å². The highest BCUT2D eigenvalue weighted by atomic mass is 19.4. The summed E-state index contributed by atoms with van der Waals surface area (Å²) in [5.41, 5.74) is 0.225. The third kappa shape index (κ3) is 4.85. The Morgan fingerprint density at radius 1 is 1.33 bits per heavy atom. The van der Waals surface area contributed by atoms with Gasteiger partial charge in [0.05, 0.1) is 13.2 Å². The molecule has 1 fully saturated rings. The van der Waals surface area contributed by atoms with E-state index in [-0.39, 0.29) is 43.9 Å². The number of carbonyl (C=O) groups is 2. The number of rotatable bonds is 5. The zero-order chi connectivity index (χ0) is 17.7. The lowest BCUT2D eigenvalue weighted by atomic mass is 10.1. The summed E-state index contributed by atoms with van der Waals surface area (Å²) in [4.78, 5) is 24.5. The first-order valence-corrected chi connectivity index (χ1v) is 7.21. The summed E-state index contributed by atoms with van der Waals surface area (Å²) in [5, 5.41) is 9.10. The lowest BCUT2D eigenvalue weighted by Gasteiger charge is -2.33. The smallest absolute Gasteiger partial charge is 0.480 e. The van der Waals surface area contributed by atoms with E-state index in [0.29, 0.717) is 0 Å². The minimum Gasteiger partial charge on any atom is -0.480 e.